The minimum Gasteiger partial charge on any atom is -0.354 e. The molecule has 18 heavy (non-hydrogen) atoms. The van der Waals surface area contributed by atoms with Gasteiger partial charge in [0.2, 0.25) is 5.91 Å². The number of piperazine rings is 1. The van der Waals surface area contributed by atoms with E-state index in [4.69, 9.17) is 0 Å². The van der Waals surface area contributed by atoms with Crippen LogP contribution < -0.4 is 5.32 Å². The molecule has 1 fully saturated rings. The predicted molar refractivity (Wildman–Crippen MR) is 75.5 cm³/mol. The largest absolute Gasteiger partial charge is 0.354 e. The average molecular weight is 255 g/mol. The van der Waals surface area contributed by atoms with Crippen LogP contribution in [0.1, 0.15) is 27.7 Å². The predicted octanol–water partition coefficient (Wildman–Crippen LogP) is 1.03. The summed E-state index contributed by atoms with van der Waals surface area (Å²) < 4.78 is 0. The van der Waals surface area contributed by atoms with Gasteiger partial charge in [0, 0.05) is 44.7 Å². The van der Waals surface area contributed by atoms with Crippen molar-refractivity contribution in [1.82, 2.24) is 15.1 Å². The molecule has 4 nitrogen and oxygen atoms in total. The summed E-state index contributed by atoms with van der Waals surface area (Å²) in [5, 5.41) is 3.08. The molecular weight excluding hydrogens is 226 g/mol. The molecule has 0 radical (unpaired) electrons. The maximum Gasteiger partial charge on any atom is 0.222 e. The Morgan fingerprint density at radius 2 is 1.67 bits per heavy atom. The molecule has 0 aromatic carbocycles. The Kier molecular flexibility index (Phi) is 6.09. The lowest BCUT2D eigenvalue weighted by Gasteiger charge is -2.40. The Hall–Kier alpha value is -0.610. The first-order valence-electron chi connectivity index (χ1n) is 7.12. The van der Waals surface area contributed by atoms with Crippen LogP contribution in [0.3, 0.4) is 0 Å². The molecule has 1 N–H and O–H groups in total. The van der Waals surface area contributed by atoms with Gasteiger partial charge in [-0.2, -0.15) is 0 Å². The van der Waals surface area contributed by atoms with Crippen LogP contribution >= 0.6 is 0 Å². The highest BCUT2D eigenvalue weighted by Gasteiger charge is 2.25. The molecule has 1 atom stereocenters. The van der Waals surface area contributed by atoms with Crippen LogP contribution in [0.5, 0.6) is 0 Å². The van der Waals surface area contributed by atoms with E-state index in [2.05, 4.69) is 36.0 Å². The molecule has 0 bridgehead atoms. The SMILES string of the molecule is CC(C)C(=O)NCC(C(C)C)N1CCN(C)CC1. The summed E-state index contributed by atoms with van der Waals surface area (Å²) >= 11 is 0. The van der Waals surface area contributed by atoms with E-state index in [1.807, 2.05) is 13.8 Å². The third kappa shape index (κ3) is 4.58. The van der Waals surface area contributed by atoms with Crippen LogP contribution in [-0.4, -0.2) is 61.5 Å². The first kappa shape index (κ1) is 15.4. The first-order chi connectivity index (χ1) is 8.41. The third-order valence-corrected chi connectivity index (χ3v) is 3.79. The molecule has 1 amide bonds. The van der Waals surface area contributed by atoms with E-state index in [0.717, 1.165) is 32.7 Å². The molecule has 1 aliphatic heterocycles. The van der Waals surface area contributed by atoms with Crippen molar-refractivity contribution in [3.05, 3.63) is 0 Å². The Morgan fingerprint density at radius 1 is 1.11 bits per heavy atom. The van der Waals surface area contributed by atoms with E-state index in [0.29, 0.717) is 12.0 Å². The standard InChI is InChI=1S/C14H29N3O/c1-11(2)13(10-15-14(18)12(3)4)17-8-6-16(5)7-9-17/h11-13H,6-10H2,1-5H3,(H,15,18). The number of hydrogen-bond donors (Lipinski definition) is 1. The van der Waals surface area contributed by atoms with Gasteiger partial charge >= 0.3 is 0 Å². The summed E-state index contributed by atoms with van der Waals surface area (Å²) in [5.41, 5.74) is 0. The van der Waals surface area contributed by atoms with Gasteiger partial charge in [-0.1, -0.05) is 27.7 Å². The number of hydrogen-bond acceptors (Lipinski definition) is 3. The summed E-state index contributed by atoms with van der Waals surface area (Å²) in [6.45, 7) is 13.6. The molecular formula is C14H29N3O. The van der Waals surface area contributed by atoms with Crippen LogP contribution in [0.15, 0.2) is 0 Å². The summed E-state index contributed by atoms with van der Waals surface area (Å²) in [5.74, 6) is 0.806. The minimum atomic E-state index is 0.0744. The Labute approximate surface area is 112 Å². The summed E-state index contributed by atoms with van der Waals surface area (Å²) in [7, 11) is 2.17. The zero-order chi connectivity index (χ0) is 13.7. The molecule has 1 heterocycles. The molecule has 0 aromatic rings. The molecule has 106 valence electrons. The van der Waals surface area contributed by atoms with Gasteiger partial charge in [0.05, 0.1) is 0 Å². The van der Waals surface area contributed by atoms with E-state index >= 15 is 0 Å². The van der Waals surface area contributed by atoms with Gasteiger partial charge in [0.25, 0.3) is 0 Å². The topological polar surface area (TPSA) is 35.6 Å². The van der Waals surface area contributed by atoms with Gasteiger partial charge < -0.3 is 10.2 Å². The van der Waals surface area contributed by atoms with E-state index < -0.39 is 0 Å². The number of nitrogens with zero attached hydrogens (tertiary/aromatic N) is 2. The van der Waals surface area contributed by atoms with E-state index in [1.54, 1.807) is 0 Å². The molecule has 0 saturated carbocycles. The molecule has 0 aliphatic carbocycles. The lowest BCUT2D eigenvalue weighted by Crippen LogP contribution is -2.54. The van der Waals surface area contributed by atoms with Crippen LogP contribution in [0.4, 0.5) is 0 Å². The smallest absolute Gasteiger partial charge is 0.222 e. The molecule has 4 heteroatoms. The molecule has 0 aromatic heterocycles. The fourth-order valence-corrected chi connectivity index (χ4v) is 2.35. The van der Waals surface area contributed by atoms with Crippen LogP contribution in [-0.2, 0) is 4.79 Å². The van der Waals surface area contributed by atoms with Gasteiger partial charge in [0.15, 0.2) is 0 Å². The number of nitrogens with one attached hydrogen (secondary N) is 1. The van der Waals surface area contributed by atoms with Gasteiger partial charge in [0.1, 0.15) is 0 Å². The Bertz CT molecular complexity index is 258. The van der Waals surface area contributed by atoms with E-state index in [9.17, 15) is 4.79 Å². The van der Waals surface area contributed by atoms with Gasteiger partial charge in [-0.15, -0.1) is 0 Å². The Morgan fingerprint density at radius 3 is 2.11 bits per heavy atom. The average Bonchev–Trinajstić information content (AvgIpc) is 2.30. The van der Waals surface area contributed by atoms with Crippen molar-refractivity contribution in [2.45, 2.75) is 33.7 Å². The third-order valence-electron chi connectivity index (χ3n) is 3.79. The van der Waals surface area contributed by atoms with Gasteiger partial charge in [-0.3, -0.25) is 9.69 Å². The van der Waals surface area contributed by atoms with Crippen molar-refractivity contribution in [3.8, 4) is 0 Å². The first-order valence-corrected chi connectivity index (χ1v) is 7.12. The van der Waals surface area contributed by atoms with Crippen molar-refractivity contribution < 1.29 is 4.79 Å². The lowest BCUT2D eigenvalue weighted by molar-refractivity contribution is -0.124. The van der Waals surface area contributed by atoms with E-state index in [-0.39, 0.29) is 11.8 Å². The quantitative estimate of drug-likeness (QED) is 0.797. The zero-order valence-electron chi connectivity index (χ0n) is 12.6. The van der Waals surface area contributed by atoms with Crippen molar-refractivity contribution in [2.24, 2.45) is 11.8 Å². The van der Waals surface area contributed by atoms with Crippen molar-refractivity contribution >= 4 is 5.91 Å². The highest BCUT2D eigenvalue weighted by molar-refractivity contribution is 5.77. The number of rotatable bonds is 5. The molecule has 1 aliphatic rings. The molecule has 1 saturated heterocycles. The van der Waals surface area contributed by atoms with Crippen molar-refractivity contribution in [3.63, 3.8) is 0 Å². The highest BCUT2D eigenvalue weighted by Crippen LogP contribution is 2.13. The van der Waals surface area contributed by atoms with Gasteiger partial charge in [-0.25, -0.2) is 0 Å². The second-order valence-electron chi connectivity index (χ2n) is 6.05. The fraction of sp³-hybridized carbons (Fsp3) is 0.929. The second-order valence-corrected chi connectivity index (χ2v) is 6.05. The number of carbonyl (C=O) groups excluding carboxylic acids is 1. The lowest BCUT2D eigenvalue weighted by atomic mass is 10.0. The second kappa shape index (κ2) is 7.10. The summed E-state index contributed by atoms with van der Waals surface area (Å²) in [4.78, 5) is 16.5. The minimum absolute atomic E-state index is 0.0744. The number of likely N-dealkylation sites (N-methyl/N-ethyl adjacent to an activating group) is 1. The number of amides is 1. The van der Waals surface area contributed by atoms with Crippen LogP contribution in [0.25, 0.3) is 0 Å². The van der Waals surface area contributed by atoms with Gasteiger partial charge in [-0.05, 0) is 13.0 Å². The fourth-order valence-electron chi connectivity index (χ4n) is 2.35. The van der Waals surface area contributed by atoms with Crippen molar-refractivity contribution in [2.75, 3.05) is 39.8 Å². The Balaban J connectivity index is 2.47. The van der Waals surface area contributed by atoms with Crippen LogP contribution in [0, 0.1) is 11.8 Å². The highest BCUT2D eigenvalue weighted by atomic mass is 16.1. The van der Waals surface area contributed by atoms with Crippen LogP contribution in [0.2, 0.25) is 0 Å². The molecule has 0 spiro atoms. The zero-order valence-corrected chi connectivity index (χ0v) is 12.6. The van der Waals surface area contributed by atoms with Crippen molar-refractivity contribution in [1.29, 1.82) is 0 Å². The molecule has 1 rings (SSSR count). The summed E-state index contributed by atoms with van der Waals surface area (Å²) in [6, 6.07) is 0.460. The van der Waals surface area contributed by atoms with E-state index in [1.165, 1.54) is 0 Å². The maximum atomic E-state index is 11.7. The monoisotopic (exact) mass is 255 g/mol. The summed E-state index contributed by atoms with van der Waals surface area (Å²) in [6.07, 6.45) is 0. The normalized spacial score (nSPS) is 20.4. The maximum absolute atomic E-state index is 11.7. The molecule has 1 unspecified atom stereocenters. The number of carbonyl (C=O) groups is 1.